The van der Waals surface area contributed by atoms with Crippen molar-refractivity contribution in [1.29, 1.82) is 5.26 Å². The topological polar surface area (TPSA) is 59.4 Å². The second-order valence-corrected chi connectivity index (χ2v) is 6.22. The number of hydrogen-bond donors (Lipinski definition) is 1. The summed E-state index contributed by atoms with van der Waals surface area (Å²) in [4.78, 5) is 16.6. The van der Waals surface area contributed by atoms with Crippen molar-refractivity contribution in [2.75, 3.05) is 33.2 Å². The first kappa shape index (κ1) is 14.3. The molecule has 2 atom stereocenters. The van der Waals surface area contributed by atoms with E-state index in [0.717, 1.165) is 32.5 Å². The van der Waals surface area contributed by atoms with Gasteiger partial charge in [-0.15, -0.1) is 0 Å². The molecular formula is C14H24N4O. The summed E-state index contributed by atoms with van der Waals surface area (Å²) in [6.45, 7) is 7.29. The lowest BCUT2D eigenvalue weighted by atomic mass is 9.98. The number of nitriles is 1. The van der Waals surface area contributed by atoms with Gasteiger partial charge in [0.05, 0.1) is 12.6 Å². The molecule has 5 nitrogen and oxygen atoms in total. The molecule has 1 heterocycles. The summed E-state index contributed by atoms with van der Waals surface area (Å²) in [7, 11) is 2.10. The van der Waals surface area contributed by atoms with E-state index in [0.29, 0.717) is 18.5 Å². The maximum Gasteiger partial charge on any atom is 0.235 e. The van der Waals surface area contributed by atoms with Crippen LogP contribution in [-0.4, -0.2) is 60.5 Å². The van der Waals surface area contributed by atoms with E-state index in [1.807, 2.05) is 6.92 Å². The van der Waals surface area contributed by atoms with E-state index in [4.69, 9.17) is 0 Å². The molecule has 1 N–H and O–H groups in total. The van der Waals surface area contributed by atoms with E-state index in [-0.39, 0.29) is 5.91 Å². The Balaban J connectivity index is 1.86. The summed E-state index contributed by atoms with van der Waals surface area (Å²) >= 11 is 0. The number of likely N-dealkylation sites (N-methyl/N-ethyl adjacent to an activating group) is 1. The molecule has 0 bridgehead atoms. The van der Waals surface area contributed by atoms with Crippen molar-refractivity contribution in [3.63, 3.8) is 0 Å². The van der Waals surface area contributed by atoms with Gasteiger partial charge < -0.3 is 10.2 Å². The first-order valence-corrected chi connectivity index (χ1v) is 7.09. The molecule has 5 heteroatoms. The minimum Gasteiger partial charge on any atom is -0.337 e. The minimum atomic E-state index is -0.674. The van der Waals surface area contributed by atoms with E-state index < -0.39 is 5.54 Å². The quantitative estimate of drug-likeness (QED) is 0.800. The first-order chi connectivity index (χ1) is 8.94. The highest BCUT2D eigenvalue weighted by molar-refractivity contribution is 5.79. The maximum absolute atomic E-state index is 12.1. The Hall–Kier alpha value is -1.12. The molecule has 0 aromatic carbocycles. The molecule has 0 spiro atoms. The third kappa shape index (κ3) is 3.46. The Morgan fingerprint density at radius 1 is 1.47 bits per heavy atom. The van der Waals surface area contributed by atoms with Crippen LogP contribution in [-0.2, 0) is 4.79 Å². The highest BCUT2D eigenvalue weighted by Gasteiger charge is 2.43. The van der Waals surface area contributed by atoms with Crippen molar-refractivity contribution in [1.82, 2.24) is 15.1 Å². The molecule has 1 saturated carbocycles. The van der Waals surface area contributed by atoms with Crippen LogP contribution in [0.25, 0.3) is 0 Å². The highest BCUT2D eigenvalue weighted by atomic mass is 16.2. The molecule has 1 amide bonds. The fourth-order valence-corrected chi connectivity index (χ4v) is 2.81. The standard InChI is InChI=1S/C14H24N4O/c1-11-8-17(3)6-7-18(11)9-13(19)16-14(2,10-15)12-4-5-12/h11-12H,4-9H2,1-3H3,(H,16,19)/t11-,14+/m0/s1. The maximum atomic E-state index is 12.1. The number of rotatable bonds is 4. The second kappa shape index (κ2) is 5.48. The molecule has 0 aromatic rings. The van der Waals surface area contributed by atoms with E-state index in [9.17, 15) is 10.1 Å². The highest BCUT2D eigenvalue weighted by Crippen LogP contribution is 2.39. The third-order valence-electron chi connectivity index (χ3n) is 4.34. The zero-order chi connectivity index (χ0) is 14.0. The van der Waals surface area contributed by atoms with Crippen molar-refractivity contribution < 1.29 is 4.79 Å². The molecular weight excluding hydrogens is 240 g/mol. The van der Waals surface area contributed by atoms with E-state index >= 15 is 0 Å². The van der Waals surface area contributed by atoms with Gasteiger partial charge in [0, 0.05) is 25.7 Å². The Morgan fingerprint density at radius 3 is 2.68 bits per heavy atom. The fraction of sp³-hybridized carbons (Fsp3) is 0.857. The monoisotopic (exact) mass is 264 g/mol. The van der Waals surface area contributed by atoms with Crippen LogP contribution in [0.4, 0.5) is 0 Å². The van der Waals surface area contributed by atoms with Gasteiger partial charge >= 0.3 is 0 Å². The summed E-state index contributed by atoms with van der Waals surface area (Å²) in [6.07, 6.45) is 2.10. The van der Waals surface area contributed by atoms with Crippen molar-refractivity contribution in [2.45, 2.75) is 38.3 Å². The molecule has 2 fully saturated rings. The molecule has 1 aliphatic heterocycles. The van der Waals surface area contributed by atoms with Gasteiger partial charge in [0.15, 0.2) is 0 Å². The number of piperazine rings is 1. The molecule has 0 aromatic heterocycles. The van der Waals surface area contributed by atoms with Gasteiger partial charge in [0.1, 0.15) is 5.54 Å². The molecule has 19 heavy (non-hydrogen) atoms. The normalized spacial score (nSPS) is 28.4. The zero-order valence-corrected chi connectivity index (χ0v) is 12.1. The molecule has 1 aliphatic carbocycles. The molecule has 0 radical (unpaired) electrons. The van der Waals surface area contributed by atoms with Crippen molar-refractivity contribution >= 4 is 5.91 Å². The number of hydrogen-bond acceptors (Lipinski definition) is 4. The van der Waals surface area contributed by atoms with Crippen molar-refractivity contribution in [3.05, 3.63) is 0 Å². The van der Waals surface area contributed by atoms with Crippen molar-refractivity contribution in [3.8, 4) is 6.07 Å². The third-order valence-corrected chi connectivity index (χ3v) is 4.34. The van der Waals surface area contributed by atoms with Crippen LogP contribution in [0.2, 0.25) is 0 Å². The van der Waals surface area contributed by atoms with Crippen LogP contribution in [0.15, 0.2) is 0 Å². The van der Waals surface area contributed by atoms with Crippen LogP contribution in [0.1, 0.15) is 26.7 Å². The van der Waals surface area contributed by atoms with Gasteiger partial charge in [0.25, 0.3) is 0 Å². The number of carbonyl (C=O) groups excluding carboxylic acids is 1. The average Bonchev–Trinajstić information content (AvgIpc) is 3.17. The summed E-state index contributed by atoms with van der Waals surface area (Å²) in [6, 6.07) is 2.66. The molecule has 0 unspecified atom stereocenters. The van der Waals surface area contributed by atoms with Gasteiger partial charge in [-0.1, -0.05) is 0 Å². The average molecular weight is 264 g/mol. The summed E-state index contributed by atoms with van der Waals surface area (Å²) < 4.78 is 0. The van der Waals surface area contributed by atoms with Crippen molar-refractivity contribution in [2.24, 2.45) is 5.92 Å². The minimum absolute atomic E-state index is 0.0210. The Bertz CT molecular complexity index is 387. The smallest absolute Gasteiger partial charge is 0.235 e. The Morgan fingerprint density at radius 2 is 2.16 bits per heavy atom. The zero-order valence-electron chi connectivity index (χ0n) is 12.1. The first-order valence-electron chi connectivity index (χ1n) is 7.09. The number of carbonyl (C=O) groups is 1. The molecule has 1 saturated heterocycles. The van der Waals surface area contributed by atoms with Gasteiger partial charge in [-0.05, 0) is 39.7 Å². The predicted octanol–water partition coefficient (Wildman–Crippen LogP) is 0.431. The van der Waals surface area contributed by atoms with Gasteiger partial charge in [0.2, 0.25) is 5.91 Å². The van der Waals surface area contributed by atoms with Crippen LogP contribution in [0, 0.1) is 17.2 Å². The van der Waals surface area contributed by atoms with Crippen LogP contribution >= 0.6 is 0 Å². The summed E-state index contributed by atoms with van der Waals surface area (Å²) in [5.74, 6) is 0.318. The van der Waals surface area contributed by atoms with Crippen LogP contribution in [0.3, 0.4) is 0 Å². The lowest BCUT2D eigenvalue weighted by Gasteiger charge is -2.38. The molecule has 2 aliphatic rings. The second-order valence-electron chi connectivity index (χ2n) is 6.22. The number of nitrogens with one attached hydrogen (secondary N) is 1. The van der Waals surface area contributed by atoms with E-state index in [1.165, 1.54) is 0 Å². The largest absolute Gasteiger partial charge is 0.337 e. The summed E-state index contributed by atoms with van der Waals surface area (Å²) in [5, 5.41) is 12.2. The van der Waals surface area contributed by atoms with Gasteiger partial charge in [-0.2, -0.15) is 5.26 Å². The molecule has 2 rings (SSSR count). The predicted molar refractivity (Wildman–Crippen MR) is 73.4 cm³/mol. The lowest BCUT2D eigenvalue weighted by Crippen LogP contribution is -2.55. The van der Waals surface area contributed by atoms with Gasteiger partial charge in [-0.25, -0.2) is 0 Å². The lowest BCUT2D eigenvalue weighted by molar-refractivity contribution is -0.124. The number of nitrogens with zero attached hydrogens (tertiary/aromatic N) is 3. The fourth-order valence-electron chi connectivity index (χ4n) is 2.81. The number of amides is 1. The Kier molecular flexibility index (Phi) is 4.12. The van der Waals surface area contributed by atoms with Gasteiger partial charge in [-0.3, -0.25) is 9.69 Å². The van der Waals surface area contributed by atoms with E-state index in [1.54, 1.807) is 0 Å². The molecule has 106 valence electrons. The Labute approximate surface area is 115 Å². The van der Waals surface area contributed by atoms with E-state index in [2.05, 4.69) is 35.2 Å². The SMILES string of the molecule is C[C@H]1CN(C)CCN1CC(=O)N[C@](C)(C#N)C1CC1. The van der Waals surface area contributed by atoms with Crippen LogP contribution in [0.5, 0.6) is 0 Å². The van der Waals surface area contributed by atoms with Crippen LogP contribution < -0.4 is 5.32 Å². The summed E-state index contributed by atoms with van der Waals surface area (Å²) in [5.41, 5.74) is -0.674.